The molecule has 0 fully saturated rings. The van der Waals surface area contributed by atoms with Gasteiger partial charge in [0.1, 0.15) is 17.2 Å². The number of anilines is 1. The molecule has 2 rings (SSSR count). The first kappa shape index (κ1) is 11.2. The molecule has 2 heterocycles. The first-order chi connectivity index (χ1) is 7.52. The number of hydrogen-bond donors (Lipinski definition) is 1. The molecular weight excluding hydrogens is 249 g/mol. The van der Waals surface area contributed by atoms with Crippen LogP contribution >= 0.6 is 23.2 Å². The predicted molar refractivity (Wildman–Crippen MR) is 63.1 cm³/mol. The Morgan fingerprint density at radius 2 is 1.88 bits per heavy atom. The van der Waals surface area contributed by atoms with Crippen molar-refractivity contribution < 1.29 is 0 Å². The summed E-state index contributed by atoms with van der Waals surface area (Å²) in [5.74, 6) is 0.650. The summed E-state index contributed by atoms with van der Waals surface area (Å²) in [6, 6.07) is 0. The number of aromatic nitrogens is 4. The number of aryl methyl sites for hydroxylation is 1. The van der Waals surface area contributed by atoms with E-state index in [1.54, 1.807) is 4.68 Å². The highest BCUT2D eigenvalue weighted by Crippen LogP contribution is 2.27. The third kappa shape index (κ3) is 1.62. The third-order valence-electron chi connectivity index (χ3n) is 2.20. The Morgan fingerprint density at radius 3 is 2.44 bits per heavy atom. The van der Waals surface area contributed by atoms with Crippen LogP contribution in [0.3, 0.4) is 0 Å². The largest absolute Gasteiger partial charge is 0.382 e. The molecule has 0 spiro atoms. The fourth-order valence-corrected chi connectivity index (χ4v) is 1.65. The number of nitrogens with zero attached hydrogens (tertiary/aromatic N) is 4. The molecule has 16 heavy (non-hydrogen) atoms. The zero-order valence-corrected chi connectivity index (χ0v) is 10.2. The molecule has 0 radical (unpaired) electrons. The van der Waals surface area contributed by atoms with E-state index in [-0.39, 0.29) is 10.8 Å². The molecule has 0 saturated carbocycles. The van der Waals surface area contributed by atoms with Crippen LogP contribution in [0.5, 0.6) is 0 Å². The highest BCUT2D eigenvalue weighted by molar-refractivity contribution is 6.34. The molecule has 5 nitrogen and oxygen atoms in total. The maximum atomic E-state index is 6.04. The van der Waals surface area contributed by atoms with E-state index >= 15 is 0 Å². The van der Waals surface area contributed by atoms with Crippen LogP contribution in [0.25, 0.3) is 5.82 Å². The van der Waals surface area contributed by atoms with Gasteiger partial charge in [0, 0.05) is 0 Å². The molecule has 84 valence electrons. The van der Waals surface area contributed by atoms with E-state index < -0.39 is 0 Å². The molecular formula is C9H9Cl2N5. The monoisotopic (exact) mass is 257 g/mol. The number of nitrogen functional groups attached to an aromatic ring is 1. The minimum atomic E-state index is 0.218. The smallest absolute Gasteiger partial charge is 0.177 e. The van der Waals surface area contributed by atoms with E-state index in [9.17, 15) is 0 Å². The van der Waals surface area contributed by atoms with Gasteiger partial charge in [0.2, 0.25) is 0 Å². The Labute approximate surface area is 102 Å². The van der Waals surface area contributed by atoms with Crippen LogP contribution < -0.4 is 5.73 Å². The van der Waals surface area contributed by atoms with Gasteiger partial charge in [-0.2, -0.15) is 5.10 Å². The third-order valence-corrected chi connectivity index (χ3v) is 3.11. The van der Waals surface area contributed by atoms with E-state index in [0.29, 0.717) is 16.5 Å². The van der Waals surface area contributed by atoms with Crippen molar-refractivity contribution in [2.24, 2.45) is 0 Å². The summed E-state index contributed by atoms with van der Waals surface area (Å²) >= 11 is 12.0. The Kier molecular flexibility index (Phi) is 2.73. The highest BCUT2D eigenvalue weighted by Gasteiger charge is 2.15. The molecule has 0 aromatic carbocycles. The predicted octanol–water partition coefficient (Wildman–Crippen LogP) is 2.17. The first-order valence-corrected chi connectivity index (χ1v) is 5.26. The Hall–Kier alpha value is -1.33. The second-order valence-electron chi connectivity index (χ2n) is 3.29. The van der Waals surface area contributed by atoms with Gasteiger partial charge < -0.3 is 5.73 Å². The summed E-state index contributed by atoms with van der Waals surface area (Å²) in [7, 11) is 0. The molecule has 0 aliphatic rings. The first-order valence-electron chi connectivity index (χ1n) is 4.50. The van der Waals surface area contributed by atoms with Crippen LogP contribution in [0.1, 0.15) is 11.4 Å². The minimum Gasteiger partial charge on any atom is -0.382 e. The molecule has 7 heteroatoms. The van der Waals surface area contributed by atoms with Crippen molar-refractivity contribution in [3.05, 3.63) is 27.8 Å². The van der Waals surface area contributed by atoms with Crippen molar-refractivity contribution in [1.82, 2.24) is 19.7 Å². The number of nitrogens with two attached hydrogens (primary N) is 1. The fourth-order valence-electron chi connectivity index (χ4n) is 1.35. The van der Waals surface area contributed by atoms with E-state index in [2.05, 4.69) is 15.1 Å². The van der Waals surface area contributed by atoms with Gasteiger partial charge in [0.15, 0.2) is 5.82 Å². The zero-order chi connectivity index (χ0) is 11.9. The van der Waals surface area contributed by atoms with Crippen LogP contribution in [-0.4, -0.2) is 19.7 Å². The average molecular weight is 258 g/mol. The SMILES string of the molecule is Cc1nn(-c2ncnc(N)c2Cl)c(C)c1Cl. The molecule has 0 aliphatic carbocycles. The summed E-state index contributed by atoms with van der Waals surface area (Å²) in [6.45, 7) is 3.64. The molecule has 0 bridgehead atoms. The fraction of sp³-hybridized carbons (Fsp3) is 0.222. The normalized spacial score (nSPS) is 10.8. The zero-order valence-electron chi connectivity index (χ0n) is 8.70. The van der Waals surface area contributed by atoms with Gasteiger partial charge >= 0.3 is 0 Å². The number of rotatable bonds is 1. The number of hydrogen-bond acceptors (Lipinski definition) is 4. The van der Waals surface area contributed by atoms with Crippen molar-refractivity contribution >= 4 is 29.0 Å². The van der Waals surface area contributed by atoms with Gasteiger partial charge in [-0.25, -0.2) is 14.6 Å². The quantitative estimate of drug-likeness (QED) is 0.850. The van der Waals surface area contributed by atoms with Crippen LogP contribution in [0, 0.1) is 13.8 Å². The summed E-state index contributed by atoms with van der Waals surface area (Å²) in [5, 5.41) is 5.10. The van der Waals surface area contributed by atoms with Crippen molar-refractivity contribution in [1.29, 1.82) is 0 Å². The molecule has 2 aromatic heterocycles. The van der Waals surface area contributed by atoms with Crippen molar-refractivity contribution in [2.45, 2.75) is 13.8 Å². The van der Waals surface area contributed by atoms with Crippen LogP contribution in [0.2, 0.25) is 10.0 Å². The molecule has 0 aliphatic heterocycles. The van der Waals surface area contributed by atoms with Gasteiger partial charge in [-0.05, 0) is 13.8 Å². The summed E-state index contributed by atoms with van der Waals surface area (Å²) < 4.78 is 1.55. The van der Waals surface area contributed by atoms with E-state index in [1.165, 1.54) is 6.33 Å². The lowest BCUT2D eigenvalue weighted by molar-refractivity contribution is 0.802. The molecule has 2 N–H and O–H groups in total. The minimum absolute atomic E-state index is 0.218. The maximum absolute atomic E-state index is 6.04. The van der Waals surface area contributed by atoms with Gasteiger partial charge in [0.05, 0.1) is 16.4 Å². The highest BCUT2D eigenvalue weighted by atomic mass is 35.5. The van der Waals surface area contributed by atoms with Crippen molar-refractivity contribution in [2.75, 3.05) is 5.73 Å². The van der Waals surface area contributed by atoms with Crippen molar-refractivity contribution in [3.8, 4) is 5.82 Å². The molecule has 0 saturated heterocycles. The molecule has 2 aromatic rings. The average Bonchev–Trinajstić information content (AvgIpc) is 2.50. The van der Waals surface area contributed by atoms with Crippen molar-refractivity contribution in [3.63, 3.8) is 0 Å². The van der Waals surface area contributed by atoms with Gasteiger partial charge in [-0.15, -0.1) is 0 Å². The maximum Gasteiger partial charge on any atom is 0.177 e. The Bertz CT molecular complexity index is 549. The Morgan fingerprint density at radius 1 is 1.19 bits per heavy atom. The Balaban J connectivity index is 2.68. The van der Waals surface area contributed by atoms with E-state index in [4.69, 9.17) is 28.9 Å². The molecule has 0 atom stereocenters. The van der Waals surface area contributed by atoms with Crippen LogP contribution in [-0.2, 0) is 0 Å². The van der Waals surface area contributed by atoms with E-state index in [0.717, 1.165) is 5.69 Å². The number of halogens is 2. The topological polar surface area (TPSA) is 69.6 Å². The van der Waals surface area contributed by atoms with Gasteiger partial charge in [-0.3, -0.25) is 0 Å². The second-order valence-corrected chi connectivity index (χ2v) is 4.05. The lowest BCUT2D eigenvalue weighted by Gasteiger charge is -2.06. The molecule has 0 unspecified atom stereocenters. The summed E-state index contributed by atoms with van der Waals surface area (Å²) in [4.78, 5) is 7.83. The lowest BCUT2D eigenvalue weighted by atomic mass is 10.4. The van der Waals surface area contributed by atoms with Crippen LogP contribution in [0.4, 0.5) is 5.82 Å². The molecule has 0 amide bonds. The van der Waals surface area contributed by atoms with Crippen LogP contribution in [0.15, 0.2) is 6.33 Å². The van der Waals surface area contributed by atoms with E-state index in [1.807, 2.05) is 13.8 Å². The summed E-state index contributed by atoms with van der Waals surface area (Å²) in [5.41, 5.74) is 7.07. The second kappa shape index (κ2) is 3.92. The van der Waals surface area contributed by atoms with Gasteiger partial charge in [-0.1, -0.05) is 23.2 Å². The lowest BCUT2D eigenvalue weighted by Crippen LogP contribution is -2.05. The van der Waals surface area contributed by atoms with Gasteiger partial charge in [0.25, 0.3) is 0 Å². The standard InChI is InChI=1S/C9H9Cl2N5/c1-4-6(10)5(2)16(15-4)9-7(11)8(12)13-3-14-9/h3H,1-2H3,(H2,12,13,14). The summed E-state index contributed by atoms with van der Waals surface area (Å²) in [6.07, 6.45) is 1.33.